The fourth-order valence-corrected chi connectivity index (χ4v) is 2.12. The molecule has 0 fully saturated rings. The first kappa shape index (κ1) is 14.7. The van der Waals surface area contributed by atoms with Crippen molar-refractivity contribution in [3.63, 3.8) is 0 Å². The molecule has 1 heterocycles. The molecule has 1 aromatic carbocycles. The molecular formula is C15H16BrNO3. The maximum Gasteiger partial charge on any atom is 0.291 e. The minimum Gasteiger partial charge on any atom is -0.506 e. The number of halogens is 1. The summed E-state index contributed by atoms with van der Waals surface area (Å²) in [6.45, 7) is 4.18. The topological polar surface area (TPSA) is 62.5 Å². The van der Waals surface area contributed by atoms with Gasteiger partial charge in [0.15, 0.2) is 10.4 Å². The third kappa shape index (κ3) is 3.22. The number of phenolic OH excluding ortho intramolecular Hbond substituents is 1. The number of hydrogen-bond acceptors (Lipinski definition) is 3. The van der Waals surface area contributed by atoms with Crippen molar-refractivity contribution in [3.05, 3.63) is 46.3 Å². The van der Waals surface area contributed by atoms with Crippen LogP contribution in [0.4, 0.5) is 5.69 Å². The molecule has 1 aromatic heterocycles. The Bertz CT molecular complexity index is 621. The van der Waals surface area contributed by atoms with Crippen molar-refractivity contribution in [1.82, 2.24) is 0 Å². The SMILES string of the molecule is CCC(C)c1ccc(NC(=O)c2ccc(Br)o2)c(O)c1. The molecule has 0 aliphatic carbocycles. The van der Waals surface area contributed by atoms with Gasteiger partial charge in [-0.3, -0.25) is 4.79 Å². The number of aromatic hydroxyl groups is 1. The number of nitrogens with one attached hydrogen (secondary N) is 1. The molecule has 0 saturated carbocycles. The molecular weight excluding hydrogens is 322 g/mol. The van der Waals surface area contributed by atoms with E-state index in [0.717, 1.165) is 12.0 Å². The van der Waals surface area contributed by atoms with Crippen molar-refractivity contribution in [1.29, 1.82) is 0 Å². The molecule has 20 heavy (non-hydrogen) atoms. The van der Waals surface area contributed by atoms with Gasteiger partial charge in [0.05, 0.1) is 5.69 Å². The van der Waals surface area contributed by atoms with Crippen LogP contribution in [0.2, 0.25) is 0 Å². The second-order valence-corrected chi connectivity index (χ2v) is 5.43. The lowest BCUT2D eigenvalue weighted by molar-refractivity contribution is 0.0995. The van der Waals surface area contributed by atoms with E-state index in [2.05, 4.69) is 35.1 Å². The molecule has 2 aromatic rings. The molecule has 4 nitrogen and oxygen atoms in total. The van der Waals surface area contributed by atoms with Gasteiger partial charge in [-0.15, -0.1) is 0 Å². The number of rotatable bonds is 4. The summed E-state index contributed by atoms with van der Waals surface area (Å²) < 4.78 is 5.64. The summed E-state index contributed by atoms with van der Waals surface area (Å²) in [5.41, 5.74) is 1.42. The predicted octanol–water partition coefficient (Wildman–Crippen LogP) is 4.51. The maximum absolute atomic E-state index is 11.9. The molecule has 2 rings (SSSR count). The molecule has 0 saturated heterocycles. The number of hydrogen-bond donors (Lipinski definition) is 2. The van der Waals surface area contributed by atoms with Gasteiger partial charge < -0.3 is 14.8 Å². The first-order valence-corrected chi connectivity index (χ1v) is 7.20. The fourth-order valence-electron chi connectivity index (χ4n) is 1.82. The zero-order chi connectivity index (χ0) is 14.7. The van der Waals surface area contributed by atoms with E-state index in [1.165, 1.54) is 0 Å². The number of phenols is 1. The molecule has 106 valence electrons. The van der Waals surface area contributed by atoms with Crippen LogP contribution in [0.3, 0.4) is 0 Å². The van der Waals surface area contributed by atoms with Crippen LogP contribution in [0, 0.1) is 0 Å². The number of anilines is 1. The third-order valence-electron chi connectivity index (χ3n) is 3.25. The highest BCUT2D eigenvalue weighted by atomic mass is 79.9. The molecule has 1 atom stereocenters. The van der Waals surface area contributed by atoms with Crippen molar-refractivity contribution >= 4 is 27.5 Å². The standard InChI is InChI=1S/C15H16BrNO3/c1-3-9(2)10-4-5-11(12(18)8-10)17-15(19)13-6-7-14(16)20-13/h4-9,18H,3H2,1-2H3,(H,17,19). The van der Waals surface area contributed by atoms with E-state index >= 15 is 0 Å². The van der Waals surface area contributed by atoms with Gasteiger partial charge >= 0.3 is 0 Å². The molecule has 1 amide bonds. The molecule has 5 heteroatoms. The highest BCUT2D eigenvalue weighted by Crippen LogP contribution is 2.29. The van der Waals surface area contributed by atoms with E-state index in [0.29, 0.717) is 16.3 Å². The van der Waals surface area contributed by atoms with Gasteiger partial charge in [0.1, 0.15) is 5.75 Å². The molecule has 0 aliphatic rings. The van der Waals surface area contributed by atoms with E-state index in [1.54, 1.807) is 24.3 Å². The zero-order valence-corrected chi connectivity index (χ0v) is 12.9. The van der Waals surface area contributed by atoms with E-state index < -0.39 is 5.91 Å². The fraction of sp³-hybridized carbons (Fsp3) is 0.267. The normalized spacial score (nSPS) is 12.2. The first-order valence-electron chi connectivity index (χ1n) is 6.41. The smallest absolute Gasteiger partial charge is 0.291 e. The molecule has 2 N–H and O–H groups in total. The predicted molar refractivity (Wildman–Crippen MR) is 81.2 cm³/mol. The largest absolute Gasteiger partial charge is 0.506 e. The Morgan fingerprint density at radius 2 is 2.15 bits per heavy atom. The van der Waals surface area contributed by atoms with Crippen LogP contribution in [0.5, 0.6) is 5.75 Å². The lowest BCUT2D eigenvalue weighted by atomic mass is 9.98. The summed E-state index contributed by atoms with van der Waals surface area (Å²) in [7, 11) is 0. The third-order valence-corrected chi connectivity index (χ3v) is 3.67. The van der Waals surface area contributed by atoms with Crippen molar-refractivity contribution in [2.45, 2.75) is 26.2 Å². The first-order chi connectivity index (χ1) is 9.51. The van der Waals surface area contributed by atoms with Crippen LogP contribution in [0.1, 0.15) is 42.3 Å². The Morgan fingerprint density at radius 1 is 1.40 bits per heavy atom. The van der Waals surface area contributed by atoms with E-state index in [4.69, 9.17) is 4.42 Å². The summed E-state index contributed by atoms with van der Waals surface area (Å²) in [5, 5.41) is 12.6. The summed E-state index contributed by atoms with van der Waals surface area (Å²) >= 11 is 3.14. The monoisotopic (exact) mass is 337 g/mol. The summed E-state index contributed by atoms with van der Waals surface area (Å²) in [6, 6.07) is 8.49. The van der Waals surface area contributed by atoms with Crippen molar-refractivity contribution < 1.29 is 14.3 Å². The van der Waals surface area contributed by atoms with Gasteiger partial charge in [0, 0.05) is 0 Å². The van der Waals surface area contributed by atoms with Gasteiger partial charge in [-0.1, -0.05) is 19.9 Å². The van der Waals surface area contributed by atoms with Crippen LogP contribution >= 0.6 is 15.9 Å². The summed E-state index contributed by atoms with van der Waals surface area (Å²) in [5.74, 6) is 0.207. The van der Waals surface area contributed by atoms with Crippen molar-refractivity contribution in [2.24, 2.45) is 0 Å². The van der Waals surface area contributed by atoms with E-state index in [-0.39, 0.29) is 11.5 Å². The molecule has 0 spiro atoms. The molecule has 0 bridgehead atoms. The highest BCUT2D eigenvalue weighted by Gasteiger charge is 2.13. The second-order valence-electron chi connectivity index (χ2n) is 4.64. The Balaban J connectivity index is 2.16. The molecule has 0 aliphatic heterocycles. The van der Waals surface area contributed by atoms with E-state index in [1.807, 2.05) is 6.07 Å². The average Bonchev–Trinajstić information content (AvgIpc) is 2.86. The average molecular weight is 338 g/mol. The highest BCUT2D eigenvalue weighted by molar-refractivity contribution is 9.10. The van der Waals surface area contributed by atoms with Crippen molar-refractivity contribution in [3.8, 4) is 5.75 Å². The number of carbonyl (C=O) groups is 1. The van der Waals surface area contributed by atoms with Gasteiger partial charge in [-0.25, -0.2) is 0 Å². The van der Waals surface area contributed by atoms with E-state index in [9.17, 15) is 9.90 Å². The van der Waals surface area contributed by atoms with Gasteiger partial charge in [-0.2, -0.15) is 0 Å². The van der Waals surface area contributed by atoms with Gasteiger partial charge in [-0.05, 0) is 58.1 Å². The van der Waals surface area contributed by atoms with Crippen molar-refractivity contribution in [2.75, 3.05) is 5.32 Å². The van der Waals surface area contributed by atoms with Crippen LogP contribution in [0.25, 0.3) is 0 Å². The molecule has 1 unspecified atom stereocenters. The van der Waals surface area contributed by atoms with Crippen LogP contribution < -0.4 is 5.32 Å². The lowest BCUT2D eigenvalue weighted by Gasteiger charge is -2.12. The number of furan rings is 1. The Morgan fingerprint density at radius 3 is 2.70 bits per heavy atom. The van der Waals surface area contributed by atoms with Crippen LogP contribution in [0.15, 0.2) is 39.4 Å². The Kier molecular flexibility index (Phi) is 4.49. The maximum atomic E-state index is 11.9. The Labute approximate surface area is 125 Å². The number of benzene rings is 1. The van der Waals surface area contributed by atoms with Crippen LogP contribution in [-0.2, 0) is 0 Å². The van der Waals surface area contributed by atoms with Crippen LogP contribution in [-0.4, -0.2) is 11.0 Å². The minimum atomic E-state index is -0.401. The van der Waals surface area contributed by atoms with Gasteiger partial charge in [0.2, 0.25) is 0 Å². The minimum absolute atomic E-state index is 0.0572. The Hall–Kier alpha value is -1.75. The summed E-state index contributed by atoms with van der Waals surface area (Å²) in [4.78, 5) is 11.9. The quantitative estimate of drug-likeness (QED) is 0.806. The molecule has 0 radical (unpaired) electrons. The summed E-state index contributed by atoms with van der Waals surface area (Å²) in [6.07, 6.45) is 0.992. The second kappa shape index (κ2) is 6.13. The van der Waals surface area contributed by atoms with Gasteiger partial charge in [0.25, 0.3) is 5.91 Å². The number of amides is 1. The zero-order valence-electron chi connectivity index (χ0n) is 11.3. The number of carbonyl (C=O) groups excluding carboxylic acids is 1. The lowest BCUT2D eigenvalue weighted by Crippen LogP contribution is -2.11.